The normalized spacial score (nSPS) is 16.9. The number of rotatable bonds is 6. The minimum absolute atomic E-state index is 0.344. The van der Waals surface area contributed by atoms with Crippen LogP contribution in [0, 0.1) is 0 Å². The van der Waals surface area contributed by atoms with Crippen molar-refractivity contribution >= 4 is 27.3 Å². The summed E-state index contributed by atoms with van der Waals surface area (Å²) >= 11 is 0. The number of hydrogen-bond acceptors (Lipinski definition) is 9. The predicted octanol–water partition coefficient (Wildman–Crippen LogP) is 3.92. The van der Waals surface area contributed by atoms with Gasteiger partial charge in [0, 0.05) is 31.9 Å². The van der Waals surface area contributed by atoms with Crippen molar-refractivity contribution < 1.29 is 40.9 Å². The first-order valence-electron chi connectivity index (χ1n) is 11.5. The van der Waals surface area contributed by atoms with Crippen LogP contribution in [0.3, 0.4) is 0 Å². The van der Waals surface area contributed by atoms with Gasteiger partial charge in [0.15, 0.2) is 21.3 Å². The molecule has 202 valence electrons. The molecule has 2 aliphatic heterocycles. The fourth-order valence-electron chi connectivity index (χ4n) is 3.95. The maximum Gasteiger partial charge on any atom is 0.586 e. The van der Waals surface area contributed by atoms with E-state index in [1.807, 2.05) is 25.7 Å². The van der Waals surface area contributed by atoms with Gasteiger partial charge in [-0.15, -0.1) is 8.78 Å². The van der Waals surface area contributed by atoms with Crippen molar-refractivity contribution in [2.24, 2.45) is 0 Å². The Bertz CT molecular complexity index is 1270. The lowest BCUT2D eigenvalue weighted by atomic mass is 10.2. The highest BCUT2D eigenvalue weighted by molar-refractivity contribution is 7.91. The monoisotopic (exact) mass is 541 g/mol. The maximum absolute atomic E-state index is 13.5. The number of para-hydroxylation sites is 1. The van der Waals surface area contributed by atoms with Gasteiger partial charge in [-0.3, -0.25) is 0 Å². The Hall–Kier alpha value is -3.48. The third kappa shape index (κ3) is 6.09. The summed E-state index contributed by atoms with van der Waals surface area (Å²) in [6.07, 6.45) is -4.31. The van der Waals surface area contributed by atoms with Crippen molar-refractivity contribution in [3.05, 3.63) is 36.4 Å². The predicted molar refractivity (Wildman–Crippen MR) is 131 cm³/mol. The van der Waals surface area contributed by atoms with Crippen LogP contribution in [0.1, 0.15) is 20.8 Å². The summed E-state index contributed by atoms with van der Waals surface area (Å²) in [5.41, 5.74) is 0.604. The second-order valence-electron chi connectivity index (χ2n) is 9.53. The smallest absolute Gasteiger partial charge is 0.495 e. The lowest BCUT2D eigenvalue weighted by Crippen LogP contribution is -2.50. The first-order chi connectivity index (χ1) is 17.3. The number of anilines is 2. The van der Waals surface area contributed by atoms with Crippen LogP contribution in [0.15, 0.2) is 41.3 Å². The molecule has 0 radical (unpaired) electrons. The Balaban J connectivity index is 1.45. The van der Waals surface area contributed by atoms with Crippen molar-refractivity contribution in [1.82, 2.24) is 4.90 Å². The molecular weight excluding hydrogens is 512 g/mol. The molecule has 1 fully saturated rings. The number of fused-ring (bicyclic) bond motifs is 1. The van der Waals surface area contributed by atoms with Crippen LogP contribution in [0.5, 0.6) is 17.2 Å². The number of amides is 1. The zero-order chi connectivity index (χ0) is 27.0. The van der Waals surface area contributed by atoms with Gasteiger partial charge in [0.05, 0.1) is 12.8 Å². The summed E-state index contributed by atoms with van der Waals surface area (Å²) in [4.78, 5) is 15.6. The molecule has 2 aromatic carbocycles. The second kappa shape index (κ2) is 9.77. The fourth-order valence-corrected chi connectivity index (χ4v) is 5.17. The highest BCUT2D eigenvalue weighted by Gasteiger charge is 2.46. The Morgan fingerprint density at radius 1 is 1.11 bits per heavy atom. The van der Waals surface area contributed by atoms with Gasteiger partial charge < -0.3 is 34.1 Å². The molecule has 2 aliphatic rings. The lowest BCUT2D eigenvalue weighted by Gasteiger charge is -2.37. The Morgan fingerprint density at radius 3 is 2.46 bits per heavy atom. The van der Waals surface area contributed by atoms with E-state index >= 15 is 0 Å². The summed E-state index contributed by atoms with van der Waals surface area (Å²) in [6, 6.07) is 8.78. The number of nitrogens with one attached hydrogen (secondary N) is 1. The van der Waals surface area contributed by atoms with Gasteiger partial charge in [0.25, 0.3) is 0 Å². The van der Waals surface area contributed by atoms with Crippen LogP contribution < -0.4 is 24.4 Å². The summed E-state index contributed by atoms with van der Waals surface area (Å²) < 4.78 is 72.6. The molecule has 37 heavy (non-hydrogen) atoms. The van der Waals surface area contributed by atoms with Gasteiger partial charge in [-0.25, -0.2) is 13.2 Å². The first kappa shape index (κ1) is 26.6. The van der Waals surface area contributed by atoms with Gasteiger partial charge in [-0.2, -0.15) is 0 Å². The van der Waals surface area contributed by atoms with E-state index in [1.165, 1.54) is 25.3 Å². The Labute approximate surface area is 213 Å². The van der Waals surface area contributed by atoms with Gasteiger partial charge in [0.2, 0.25) is 0 Å². The number of ether oxygens (including phenoxy) is 4. The average molecular weight is 542 g/mol. The molecule has 0 spiro atoms. The summed E-state index contributed by atoms with van der Waals surface area (Å²) in [6.45, 7) is 7.34. The quantitative estimate of drug-likeness (QED) is 0.582. The van der Waals surface area contributed by atoms with Gasteiger partial charge in [-0.05, 0) is 51.1 Å². The average Bonchev–Trinajstić information content (AvgIpc) is 3.15. The molecular formula is C24H29F2N3O7S. The van der Waals surface area contributed by atoms with Crippen molar-refractivity contribution in [1.29, 1.82) is 0 Å². The number of carbonyl (C=O) groups is 1. The van der Waals surface area contributed by atoms with E-state index in [4.69, 9.17) is 9.47 Å². The number of carbonyl (C=O) groups excluding carboxylic acids is 1. The molecule has 0 unspecified atom stereocenters. The fraction of sp³-hybridized carbons (Fsp3) is 0.458. The highest BCUT2D eigenvalue weighted by Crippen LogP contribution is 2.45. The van der Waals surface area contributed by atoms with Gasteiger partial charge in [-0.1, -0.05) is 6.07 Å². The number of piperazine rings is 1. The molecule has 0 aromatic heterocycles. The standard InChI is InChI=1S/C24H29F2N3O7S/c1-23(2,3)36-22(30)29-12-10-28(11-13-29)17-14-16(8-9-18(17)33-4)27-15-37(31,32)20-7-5-6-19-21(20)35-24(25,26)34-19/h5-9,14,27H,10-13,15H2,1-4H3. The van der Waals surface area contributed by atoms with Crippen molar-refractivity contribution in [2.45, 2.75) is 37.6 Å². The molecule has 1 amide bonds. The van der Waals surface area contributed by atoms with E-state index in [0.717, 1.165) is 0 Å². The van der Waals surface area contributed by atoms with E-state index < -0.39 is 38.3 Å². The second-order valence-corrected chi connectivity index (χ2v) is 11.5. The van der Waals surface area contributed by atoms with Crippen LogP contribution in [-0.4, -0.2) is 70.5 Å². The summed E-state index contributed by atoms with van der Waals surface area (Å²) in [5, 5.41) is 2.84. The van der Waals surface area contributed by atoms with Crippen LogP contribution >= 0.6 is 0 Å². The number of nitrogens with zero attached hydrogens (tertiary/aromatic N) is 2. The molecule has 2 heterocycles. The van der Waals surface area contributed by atoms with E-state index in [-0.39, 0.29) is 11.8 Å². The minimum atomic E-state index is -4.07. The Morgan fingerprint density at radius 2 is 1.81 bits per heavy atom. The van der Waals surface area contributed by atoms with E-state index in [2.05, 4.69) is 14.8 Å². The highest BCUT2D eigenvalue weighted by atomic mass is 32.2. The molecule has 0 aliphatic carbocycles. The van der Waals surface area contributed by atoms with Crippen LogP contribution in [-0.2, 0) is 14.6 Å². The van der Waals surface area contributed by atoms with E-state index in [0.29, 0.717) is 43.3 Å². The van der Waals surface area contributed by atoms with Crippen molar-refractivity contribution in [3.8, 4) is 17.2 Å². The molecule has 10 nitrogen and oxygen atoms in total. The zero-order valence-corrected chi connectivity index (χ0v) is 21.7. The number of methoxy groups -OCH3 is 1. The number of benzene rings is 2. The van der Waals surface area contributed by atoms with Crippen molar-refractivity contribution in [2.75, 3.05) is 49.4 Å². The third-order valence-electron chi connectivity index (χ3n) is 5.64. The molecule has 1 N–H and O–H groups in total. The zero-order valence-electron chi connectivity index (χ0n) is 20.9. The SMILES string of the molecule is COc1ccc(NCS(=O)(=O)c2cccc3c2OC(F)(F)O3)cc1N1CCN(C(=O)OC(C)(C)C)CC1. The molecule has 0 saturated carbocycles. The number of alkyl halides is 2. The lowest BCUT2D eigenvalue weighted by molar-refractivity contribution is -0.287. The largest absolute Gasteiger partial charge is 0.586 e. The van der Waals surface area contributed by atoms with Gasteiger partial charge in [0.1, 0.15) is 22.1 Å². The molecule has 2 aromatic rings. The minimum Gasteiger partial charge on any atom is -0.495 e. The first-order valence-corrected chi connectivity index (χ1v) is 13.2. The number of sulfone groups is 1. The van der Waals surface area contributed by atoms with E-state index in [9.17, 15) is 22.0 Å². The van der Waals surface area contributed by atoms with Crippen LogP contribution in [0.2, 0.25) is 0 Å². The van der Waals surface area contributed by atoms with Crippen LogP contribution in [0.25, 0.3) is 0 Å². The summed E-state index contributed by atoms with van der Waals surface area (Å²) in [5.74, 6) is -0.861. The number of halogens is 2. The van der Waals surface area contributed by atoms with E-state index in [1.54, 1.807) is 23.1 Å². The topological polar surface area (TPSA) is 107 Å². The van der Waals surface area contributed by atoms with Gasteiger partial charge >= 0.3 is 12.4 Å². The molecule has 0 bridgehead atoms. The molecule has 13 heteroatoms. The molecule has 4 rings (SSSR count). The third-order valence-corrected chi connectivity index (χ3v) is 7.16. The maximum atomic E-state index is 13.5. The Kier molecular flexibility index (Phi) is 7.01. The van der Waals surface area contributed by atoms with Crippen LogP contribution in [0.4, 0.5) is 25.0 Å². The molecule has 0 atom stereocenters. The number of hydrogen-bond donors (Lipinski definition) is 1. The summed E-state index contributed by atoms with van der Waals surface area (Å²) in [7, 11) is -2.54. The molecule has 1 saturated heterocycles. The van der Waals surface area contributed by atoms with Crippen molar-refractivity contribution in [3.63, 3.8) is 0 Å².